The first-order valence-electron chi connectivity index (χ1n) is 9.32. The summed E-state index contributed by atoms with van der Waals surface area (Å²) in [5.74, 6) is -2.81. The highest BCUT2D eigenvalue weighted by Gasteiger charge is 2.48. The maximum atomic E-state index is 12.4. The number of halogens is 3. The van der Waals surface area contributed by atoms with E-state index in [1.54, 1.807) is 24.3 Å². The van der Waals surface area contributed by atoms with Gasteiger partial charge in [0.05, 0.1) is 12.0 Å². The van der Waals surface area contributed by atoms with Crippen LogP contribution in [0.2, 0.25) is 0 Å². The summed E-state index contributed by atoms with van der Waals surface area (Å²) in [6.45, 7) is 6.01. The molecule has 0 aliphatic heterocycles. The Morgan fingerprint density at radius 3 is 1.97 bits per heavy atom. The topological polar surface area (TPSA) is 113 Å². The normalized spacial score (nSPS) is 13.3. The summed E-state index contributed by atoms with van der Waals surface area (Å²) in [6.07, 6.45) is -0.250. The molecule has 0 aliphatic rings. The number of rotatable bonds is 7. The molecule has 2 aromatic rings. The highest BCUT2D eigenvalue weighted by molar-refractivity contribution is 7.88. The van der Waals surface area contributed by atoms with Gasteiger partial charge < -0.3 is 19.4 Å². The zero-order chi connectivity index (χ0) is 24.3. The van der Waals surface area contributed by atoms with Gasteiger partial charge in [0.1, 0.15) is 5.75 Å². The molecule has 1 amide bonds. The zero-order valence-electron chi connectivity index (χ0n) is 17.4. The van der Waals surface area contributed by atoms with Crippen LogP contribution in [-0.4, -0.2) is 31.8 Å². The minimum atomic E-state index is -5.82. The molecule has 1 atom stereocenters. The van der Waals surface area contributed by atoms with Crippen LogP contribution in [0.5, 0.6) is 5.75 Å². The van der Waals surface area contributed by atoms with E-state index < -0.39 is 39.3 Å². The SMILES string of the molecule is CC(C)(C)c1ccc(C(=O)N[C@@H](Cc2ccc(OS(=O)(=O)C(F)(F)F)cc2)C(=O)[O-])cc1. The fraction of sp³-hybridized carbons (Fsp3) is 0.333. The van der Waals surface area contributed by atoms with E-state index in [4.69, 9.17) is 0 Å². The molecule has 0 spiro atoms. The average Bonchev–Trinajstić information content (AvgIpc) is 2.67. The molecular weight excluding hydrogens is 451 g/mol. The lowest BCUT2D eigenvalue weighted by molar-refractivity contribution is -0.308. The van der Waals surface area contributed by atoms with E-state index in [-0.39, 0.29) is 17.4 Å². The minimum Gasteiger partial charge on any atom is -0.548 e. The van der Waals surface area contributed by atoms with Crippen LogP contribution in [0.25, 0.3) is 0 Å². The Labute approximate surface area is 183 Å². The molecule has 0 aromatic heterocycles. The molecule has 174 valence electrons. The van der Waals surface area contributed by atoms with Crippen LogP contribution in [-0.2, 0) is 26.7 Å². The van der Waals surface area contributed by atoms with E-state index >= 15 is 0 Å². The minimum absolute atomic E-state index is 0.127. The van der Waals surface area contributed by atoms with Crippen molar-refractivity contribution in [2.45, 2.75) is 44.2 Å². The number of carbonyl (C=O) groups is 2. The number of hydrogen-bond acceptors (Lipinski definition) is 6. The first-order chi connectivity index (χ1) is 14.6. The molecular formula is C21H21F3NO6S-. The summed E-state index contributed by atoms with van der Waals surface area (Å²) in [6, 6.07) is 9.47. The van der Waals surface area contributed by atoms with Gasteiger partial charge in [-0.2, -0.15) is 21.6 Å². The largest absolute Gasteiger partial charge is 0.548 e. The molecule has 0 saturated carbocycles. The van der Waals surface area contributed by atoms with Gasteiger partial charge in [-0.25, -0.2) is 0 Å². The first-order valence-corrected chi connectivity index (χ1v) is 10.7. The summed E-state index contributed by atoms with van der Waals surface area (Å²) >= 11 is 0. The molecule has 2 aromatic carbocycles. The first kappa shape index (κ1) is 25.2. The average molecular weight is 472 g/mol. The van der Waals surface area contributed by atoms with Gasteiger partial charge in [-0.15, -0.1) is 0 Å². The standard InChI is InChI=1S/C21H22F3NO6S/c1-20(2,3)15-8-6-14(7-9-15)18(26)25-17(19(27)28)12-13-4-10-16(11-5-13)31-32(29,30)21(22,23)24/h4-11,17H,12H2,1-3H3,(H,25,26)(H,27,28)/p-1/t17-/m0/s1. The summed E-state index contributed by atoms with van der Waals surface area (Å²) in [5, 5.41) is 13.8. The fourth-order valence-electron chi connectivity index (χ4n) is 2.65. The second kappa shape index (κ2) is 9.19. The molecule has 2 rings (SSSR count). The van der Waals surface area contributed by atoms with Gasteiger partial charge in [-0.3, -0.25) is 4.79 Å². The van der Waals surface area contributed by atoms with E-state index in [9.17, 15) is 36.3 Å². The van der Waals surface area contributed by atoms with Gasteiger partial charge in [-0.1, -0.05) is 45.0 Å². The maximum Gasteiger partial charge on any atom is 0.534 e. The predicted molar refractivity (Wildman–Crippen MR) is 107 cm³/mol. The Kier molecular flexibility index (Phi) is 7.23. The fourth-order valence-corrected chi connectivity index (χ4v) is 3.11. The number of alkyl halides is 3. The third-order valence-corrected chi connectivity index (χ3v) is 5.43. The van der Waals surface area contributed by atoms with Crippen molar-refractivity contribution in [3.8, 4) is 5.75 Å². The molecule has 7 nitrogen and oxygen atoms in total. The molecule has 0 unspecified atom stereocenters. The molecule has 11 heteroatoms. The predicted octanol–water partition coefficient (Wildman–Crippen LogP) is 2.30. The monoisotopic (exact) mass is 472 g/mol. The Balaban J connectivity index is 2.09. The zero-order valence-corrected chi connectivity index (χ0v) is 18.2. The van der Waals surface area contributed by atoms with Crippen molar-refractivity contribution in [2.75, 3.05) is 0 Å². The molecule has 0 radical (unpaired) electrons. The molecule has 0 fully saturated rings. The Morgan fingerprint density at radius 2 is 1.53 bits per heavy atom. The number of carbonyl (C=O) groups excluding carboxylic acids is 2. The summed E-state index contributed by atoms with van der Waals surface area (Å²) in [5.41, 5.74) is -4.19. The van der Waals surface area contributed by atoms with E-state index in [0.717, 1.165) is 17.7 Å². The molecule has 0 heterocycles. The van der Waals surface area contributed by atoms with Crippen molar-refractivity contribution in [1.82, 2.24) is 5.32 Å². The summed E-state index contributed by atoms with van der Waals surface area (Å²) in [4.78, 5) is 23.9. The van der Waals surface area contributed by atoms with Gasteiger partial charge in [0.2, 0.25) is 0 Å². The van der Waals surface area contributed by atoms with Crippen molar-refractivity contribution in [3.05, 3.63) is 65.2 Å². The van der Waals surface area contributed by atoms with E-state index in [1.165, 1.54) is 12.1 Å². The van der Waals surface area contributed by atoms with E-state index in [0.29, 0.717) is 5.56 Å². The van der Waals surface area contributed by atoms with Gasteiger partial charge in [0.15, 0.2) is 0 Å². The number of nitrogens with one attached hydrogen (secondary N) is 1. The Morgan fingerprint density at radius 1 is 1.00 bits per heavy atom. The molecule has 0 saturated heterocycles. The maximum absolute atomic E-state index is 12.4. The van der Waals surface area contributed by atoms with E-state index in [1.807, 2.05) is 20.8 Å². The smallest absolute Gasteiger partial charge is 0.534 e. The molecule has 0 bridgehead atoms. The van der Waals surface area contributed by atoms with Crippen LogP contribution in [0.4, 0.5) is 13.2 Å². The lowest BCUT2D eigenvalue weighted by Crippen LogP contribution is -2.49. The highest BCUT2D eigenvalue weighted by atomic mass is 32.2. The number of carboxylic acid groups (broad SMARTS) is 1. The van der Waals surface area contributed by atoms with Crippen LogP contribution < -0.4 is 14.6 Å². The van der Waals surface area contributed by atoms with Crippen LogP contribution in [0.1, 0.15) is 42.3 Å². The number of aliphatic carboxylic acids is 1. The lowest BCUT2D eigenvalue weighted by Gasteiger charge is -2.21. The van der Waals surface area contributed by atoms with E-state index in [2.05, 4.69) is 9.50 Å². The number of hydrogen-bond donors (Lipinski definition) is 1. The van der Waals surface area contributed by atoms with Crippen LogP contribution in [0, 0.1) is 0 Å². The highest BCUT2D eigenvalue weighted by Crippen LogP contribution is 2.27. The Hall–Kier alpha value is -3.08. The Bertz CT molecular complexity index is 1070. The lowest BCUT2D eigenvalue weighted by atomic mass is 9.86. The van der Waals surface area contributed by atoms with Crippen LogP contribution in [0.15, 0.2) is 48.5 Å². The van der Waals surface area contributed by atoms with Crippen LogP contribution >= 0.6 is 0 Å². The number of benzene rings is 2. The van der Waals surface area contributed by atoms with Crippen molar-refractivity contribution >= 4 is 22.0 Å². The van der Waals surface area contributed by atoms with Gasteiger partial charge in [0, 0.05) is 5.56 Å². The number of carboxylic acids is 1. The van der Waals surface area contributed by atoms with Crippen molar-refractivity contribution in [2.24, 2.45) is 0 Å². The second-order valence-corrected chi connectivity index (χ2v) is 9.54. The van der Waals surface area contributed by atoms with Gasteiger partial charge >= 0.3 is 15.6 Å². The van der Waals surface area contributed by atoms with Crippen molar-refractivity contribution in [1.29, 1.82) is 0 Å². The van der Waals surface area contributed by atoms with Crippen molar-refractivity contribution < 1.29 is 40.5 Å². The third kappa shape index (κ3) is 6.46. The summed E-state index contributed by atoms with van der Waals surface area (Å²) in [7, 11) is -5.82. The second-order valence-electron chi connectivity index (χ2n) is 8.00. The quantitative estimate of drug-likeness (QED) is 0.489. The van der Waals surface area contributed by atoms with Gasteiger partial charge in [0.25, 0.3) is 5.91 Å². The molecule has 0 aliphatic carbocycles. The van der Waals surface area contributed by atoms with Crippen LogP contribution in [0.3, 0.4) is 0 Å². The third-order valence-electron chi connectivity index (χ3n) is 4.46. The number of amides is 1. The molecule has 32 heavy (non-hydrogen) atoms. The van der Waals surface area contributed by atoms with Crippen molar-refractivity contribution in [3.63, 3.8) is 0 Å². The van der Waals surface area contributed by atoms with Gasteiger partial charge in [-0.05, 0) is 47.2 Å². The summed E-state index contributed by atoms with van der Waals surface area (Å²) < 4.78 is 63.2. The molecule has 1 N–H and O–H groups in total.